The molecule has 1 amide bonds. The summed E-state index contributed by atoms with van der Waals surface area (Å²) in [5.41, 5.74) is 2.57. The molecule has 170 valence electrons. The van der Waals surface area contributed by atoms with Crippen molar-refractivity contribution in [3.63, 3.8) is 0 Å². The molecule has 1 N–H and O–H groups in total. The van der Waals surface area contributed by atoms with Crippen molar-refractivity contribution in [2.24, 2.45) is 0 Å². The first-order valence-electron chi connectivity index (χ1n) is 10.9. The highest BCUT2D eigenvalue weighted by molar-refractivity contribution is 6.10. The number of aromatic nitrogens is 3. The third-order valence-corrected chi connectivity index (χ3v) is 6.04. The molecule has 1 atom stereocenters. The molecule has 2 aromatic heterocycles. The van der Waals surface area contributed by atoms with Crippen LogP contribution in [0.3, 0.4) is 0 Å². The number of pyridine rings is 1. The Morgan fingerprint density at radius 2 is 2.09 bits per heavy atom. The minimum atomic E-state index is -0.450. The number of ether oxygens (including phenoxy) is 1. The molecule has 0 bridgehead atoms. The van der Waals surface area contributed by atoms with Crippen molar-refractivity contribution in [2.45, 2.75) is 26.4 Å². The maximum absolute atomic E-state index is 14.8. The summed E-state index contributed by atoms with van der Waals surface area (Å²) in [6.45, 7) is 6.69. The number of hydrogen-bond donors (Lipinski definition) is 1. The van der Waals surface area contributed by atoms with Gasteiger partial charge in [-0.25, -0.2) is 9.37 Å². The molecule has 2 aliphatic rings. The summed E-state index contributed by atoms with van der Waals surface area (Å²) in [5, 5.41) is 3.41. The Bertz CT molecular complexity index is 1230. The van der Waals surface area contributed by atoms with E-state index in [9.17, 15) is 9.18 Å². The number of amides is 1. The number of benzene rings is 1. The van der Waals surface area contributed by atoms with E-state index in [0.717, 1.165) is 25.3 Å². The average Bonchev–Trinajstić information content (AvgIpc) is 3.15. The number of halogens is 1. The van der Waals surface area contributed by atoms with E-state index in [2.05, 4.69) is 27.1 Å². The fraction of sp³-hybridized carbons (Fsp3) is 0.333. The molecular formula is C24H25FN6O2. The van der Waals surface area contributed by atoms with Crippen molar-refractivity contribution < 1.29 is 13.9 Å². The summed E-state index contributed by atoms with van der Waals surface area (Å²) in [6, 6.07) is 8.43. The number of anilines is 2. The van der Waals surface area contributed by atoms with Gasteiger partial charge in [0, 0.05) is 54.8 Å². The van der Waals surface area contributed by atoms with Gasteiger partial charge in [-0.3, -0.25) is 14.7 Å². The lowest BCUT2D eigenvalue weighted by Crippen LogP contribution is -2.50. The molecule has 1 fully saturated rings. The predicted octanol–water partition coefficient (Wildman–Crippen LogP) is 2.95. The highest BCUT2D eigenvalue weighted by Gasteiger charge is 2.34. The minimum Gasteiger partial charge on any atom is -0.496 e. The Labute approximate surface area is 191 Å². The Morgan fingerprint density at radius 3 is 2.88 bits per heavy atom. The molecule has 1 aromatic carbocycles. The molecule has 1 saturated heterocycles. The Morgan fingerprint density at radius 1 is 1.24 bits per heavy atom. The summed E-state index contributed by atoms with van der Waals surface area (Å²) in [6.07, 6.45) is 1.53. The molecular weight excluding hydrogens is 423 g/mol. The highest BCUT2D eigenvalue weighted by atomic mass is 19.1. The summed E-state index contributed by atoms with van der Waals surface area (Å²) < 4.78 is 20.2. The zero-order valence-corrected chi connectivity index (χ0v) is 18.8. The van der Waals surface area contributed by atoms with Crippen LogP contribution in [0.2, 0.25) is 0 Å². The van der Waals surface area contributed by atoms with E-state index >= 15 is 0 Å². The fourth-order valence-corrected chi connectivity index (χ4v) is 4.46. The SMILES string of the molecule is COc1cccc(F)c1-c1nccc2c1CN(c1cc(C)nc(N3CCN[C@H](C)C3)n1)C2=O. The number of hydrogen-bond acceptors (Lipinski definition) is 7. The molecule has 5 rings (SSSR count). The van der Waals surface area contributed by atoms with E-state index in [1.165, 1.54) is 19.4 Å². The normalized spacial score (nSPS) is 17.9. The Kier molecular flexibility index (Phi) is 5.41. The zero-order valence-electron chi connectivity index (χ0n) is 18.8. The van der Waals surface area contributed by atoms with Gasteiger partial charge < -0.3 is 15.0 Å². The molecule has 4 heterocycles. The van der Waals surface area contributed by atoms with Crippen LogP contribution >= 0.6 is 0 Å². The zero-order chi connectivity index (χ0) is 23.1. The lowest BCUT2D eigenvalue weighted by atomic mass is 10.0. The fourth-order valence-electron chi connectivity index (χ4n) is 4.46. The smallest absolute Gasteiger partial charge is 0.260 e. The largest absolute Gasteiger partial charge is 0.496 e. The van der Waals surface area contributed by atoms with Crippen molar-refractivity contribution in [1.29, 1.82) is 0 Å². The van der Waals surface area contributed by atoms with Crippen LogP contribution in [0.1, 0.15) is 28.5 Å². The predicted molar refractivity (Wildman–Crippen MR) is 123 cm³/mol. The first-order chi connectivity index (χ1) is 16.0. The summed E-state index contributed by atoms with van der Waals surface area (Å²) in [5.74, 6) is 0.859. The summed E-state index contributed by atoms with van der Waals surface area (Å²) in [4.78, 5) is 30.9. The van der Waals surface area contributed by atoms with Gasteiger partial charge in [-0.05, 0) is 32.0 Å². The number of nitrogens with one attached hydrogen (secondary N) is 1. The maximum atomic E-state index is 14.8. The second kappa shape index (κ2) is 8.40. The molecule has 0 unspecified atom stereocenters. The third-order valence-electron chi connectivity index (χ3n) is 6.04. The van der Waals surface area contributed by atoms with Gasteiger partial charge in [0.15, 0.2) is 0 Å². The van der Waals surface area contributed by atoms with Crippen molar-refractivity contribution >= 4 is 17.7 Å². The number of carbonyl (C=O) groups is 1. The molecule has 3 aromatic rings. The van der Waals surface area contributed by atoms with E-state index in [1.807, 2.05) is 6.92 Å². The van der Waals surface area contributed by atoms with Gasteiger partial charge in [0.1, 0.15) is 17.4 Å². The van der Waals surface area contributed by atoms with Crippen LogP contribution in [-0.2, 0) is 6.54 Å². The topological polar surface area (TPSA) is 83.5 Å². The van der Waals surface area contributed by atoms with Gasteiger partial charge in [0.2, 0.25) is 5.95 Å². The van der Waals surface area contributed by atoms with Crippen LogP contribution in [-0.4, -0.2) is 53.6 Å². The van der Waals surface area contributed by atoms with Crippen LogP contribution in [0.5, 0.6) is 5.75 Å². The first kappa shape index (κ1) is 21.3. The summed E-state index contributed by atoms with van der Waals surface area (Å²) >= 11 is 0. The van der Waals surface area contributed by atoms with Crippen LogP contribution < -0.4 is 19.9 Å². The van der Waals surface area contributed by atoms with Gasteiger partial charge in [-0.2, -0.15) is 4.98 Å². The lowest BCUT2D eigenvalue weighted by molar-refractivity contribution is 0.0996. The number of methoxy groups -OCH3 is 1. The molecule has 8 nitrogen and oxygen atoms in total. The van der Waals surface area contributed by atoms with Gasteiger partial charge in [-0.1, -0.05) is 6.07 Å². The first-order valence-corrected chi connectivity index (χ1v) is 10.9. The number of nitrogens with zero attached hydrogens (tertiary/aromatic N) is 5. The van der Waals surface area contributed by atoms with E-state index in [0.29, 0.717) is 40.4 Å². The molecule has 0 aliphatic carbocycles. The number of rotatable bonds is 4. The average molecular weight is 449 g/mol. The minimum absolute atomic E-state index is 0.193. The number of fused-ring (bicyclic) bond motifs is 1. The van der Waals surface area contributed by atoms with Crippen LogP contribution in [0.4, 0.5) is 16.2 Å². The summed E-state index contributed by atoms with van der Waals surface area (Å²) in [7, 11) is 1.49. The lowest BCUT2D eigenvalue weighted by Gasteiger charge is -2.32. The molecule has 33 heavy (non-hydrogen) atoms. The highest BCUT2D eigenvalue weighted by Crippen LogP contribution is 2.38. The number of piperazine rings is 1. The standard InChI is InChI=1S/C24H25FN6O2/c1-14-11-20(29-24(28-14)30-10-9-26-15(2)12-30)31-13-17-16(23(31)32)7-8-27-22(17)21-18(25)5-4-6-19(21)33-3/h4-8,11,15,26H,9-10,12-13H2,1-3H3/t15-/m1/s1. The van der Waals surface area contributed by atoms with Crippen LogP contribution in [0, 0.1) is 12.7 Å². The Hall–Kier alpha value is -3.59. The number of aryl methyl sites for hydroxylation is 1. The van der Waals surface area contributed by atoms with Gasteiger partial charge in [0.25, 0.3) is 5.91 Å². The monoisotopic (exact) mass is 448 g/mol. The molecule has 0 saturated carbocycles. The molecule has 2 aliphatic heterocycles. The van der Waals surface area contributed by atoms with E-state index < -0.39 is 5.82 Å². The molecule has 0 radical (unpaired) electrons. The van der Waals surface area contributed by atoms with Crippen molar-refractivity contribution in [3.05, 3.63) is 59.2 Å². The molecule has 0 spiro atoms. The maximum Gasteiger partial charge on any atom is 0.260 e. The van der Waals surface area contributed by atoms with E-state index in [1.54, 1.807) is 29.2 Å². The van der Waals surface area contributed by atoms with E-state index in [4.69, 9.17) is 9.72 Å². The third kappa shape index (κ3) is 3.78. The van der Waals surface area contributed by atoms with Crippen molar-refractivity contribution in [3.8, 4) is 17.0 Å². The van der Waals surface area contributed by atoms with Crippen molar-refractivity contribution in [2.75, 3.05) is 36.5 Å². The van der Waals surface area contributed by atoms with Gasteiger partial charge in [0.05, 0.1) is 24.9 Å². The Balaban J connectivity index is 1.54. The molecule has 9 heteroatoms. The van der Waals surface area contributed by atoms with E-state index in [-0.39, 0.29) is 18.0 Å². The van der Waals surface area contributed by atoms with Gasteiger partial charge >= 0.3 is 0 Å². The second-order valence-corrected chi connectivity index (χ2v) is 8.36. The van der Waals surface area contributed by atoms with Crippen LogP contribution in [0.25, 0.3) is 11.3 Å². The van der Waals surface area contributed by atoms with Gasteiger partial charge in [-0.15, -0.1) is 0 Å². The number of carbonyl (C=O) groups excluding carboxylic acids is 1. The quantitative estimate of drug-likeness (QED) is 0.657. The second-order valence-electron chi connectivity index (χ2n) is 8.36. The van der Waals surface area contributed by atoms with Crippen molar-refractivity contribution in [1.82, 2.24) is 20.3 Å². The van der Waals surface area contributed by atoms with Crippen LogP contribution in [0.15, 0.2) is 36.5 Å².